The molecule has 0 spiro atoms. The Morgan fingerprint density at radius 2 is 1.18 bits per heavy atom. The molecule has 0 aliphatic heterocycles. The summed E-state index contributed by atoms with van der Waals surface area (Å²) < 4.78 is 6.64. The van der Waals surface area contributed by atoms with Crippen molar-refractivity contribution < 1.29 is 4.43 Å². The topological polar surface area (TPSA) is 9.23 Å². The van der Waals surface area contributed by atoms with E-state index in [1.54, 1.807) is 0 Å². The fourth-order valence-corrected chi connectivity index (χ4v) is 8.70. The van der Waals surface area contributed by atoms with Crippen LogP contribution in [0.1, 0.15) is 55.4 Å². The Kier molecular flexibility index (Phi) is 6.71. The molecule has 0 aromatic carbocycles. The van der Waals surface area contributed by atoms with Crippen LogP contribution in [0.2, 0.25) is 16.6 Å². The van der Waals surface area contributed by atoms with Gasteiger partial charge in [-0.15, -0.1) is 6.58 Å². The van der Waals surface area contributed by atoms with Crippen LogP contribution in [-0.4, -0.2) is 14.4 Å². The standard InChI is InChI=1S/C15H32OSi/c1-10-14(8)15(9)16-17(11(2)3,12(4)5)13(6)7/h10-15H,1H2,2-9H3/t14-,15-/m0/s1. The van der Waals surface area contributed by atoms with Gasteiger partial charge in [0, 0.05) is 6.10 Å². The summed E-state index contributed by atoms with van der Waals surface area (Å²) >= 11 is 0. The predicted octanol–water partition coefficient (Wildman–Crippen LogP) is 5.39. The van der Waals surface area contributed by atoms with E-state index in [-0.39, 0.29) is 6.10 Å². The smallest absolute Gasteiger partial charge is 0.200 e. The quantitative estimate of drug-likeness (QED) is 0.438. The summed E-state index contributed by atoms with van der Waals surface area (Å²) in [5.41, 5.74) is 1.96. The van der Waals surface area contributed by atoms with Gasteiger partial charge in [0.1, 0.15) is 0 Å². The third-order valence-electron chi connectivity index (χ3n) is 4.21. The van der Waals surface area contributed by atoms with E-state index >= 15 is 0 Å². The highest BCUT2D eigenvalue weighted by Crippen LogP contribution is 2.43. The Bertz CT molecular complexity index is 211. The summed E-state index contributed by atoms with van der Waals surface area (Å²) in [6, 6.07) is 0. The van der Waals surface area contributed by atoms with Gasteiger partial charge in [0.25, 0.3) is 0 Å². The first-order chi connectivity index (χ1) is 7.70. The van der Waals surface area contributed by atoms with Crippen LogP contribution in [0.25, 0.3) is 0 Å². The zero-order valence-corrected chi connectivity index (χ0v) is 14.1. The fraction of sp³-hybridized carbons (Fsp3) is 0.867. The van der Waals surface area contributed by atoms with E-state index in [1.165, 1.54) is 0 Å². The zero-order valence-electron chi connectivity index (χ0n) is 13.1. The molecule has 2 heteroatoms. The van der Waals surface area contributed by atoms with Crippen molar-refractivity contribution in [3.63, 3.8) is 0 Å². The first kappa shape index (κ1) is 16.9. The van der Waals surface area contributed by atoms with Gasteiger partial charge in [0.2, 0.25) is 8.32 Å². The summed E-state index contributed by atoms with van der Waals surface area (Å²) in [6.07, 6.45) is 2.29. The molecule has 0 aliphatic rings. The van der Waals surface area contributed by atoms with E-state index < -0.39 is 8.32 Å². The van der Waals surface area contributed by atoms with Crippen molar-refractivity contribution in [2.75, 3.05) is 0 Å². The van der Waals surface area contributed by atoms with Crippen LogP contribution in [0.4, 0.5) is 0 Å². The Hall–Kier alpha value is -0.0831. The molecule has 0 bridgehead atoms. The summed E-state index contributed by atoms with van der Waals surface area (Å²) in [4.78, 5) is 0. The monoisotopic (exact) mass is 256 g/mol. The van der Waals surface area contributed by atoms with Gasteiger partial charge < -0.3 is 4.43 Å². The molecule has 0 aliphatic carbocycles. The lowest BCUT2D eigenvalue weighted by Crippen LogP contribution is -2.50. The summed E-state index contributed by atoms with van der Waals surface area (Å²) in [6.45, 7) is 22.3. The van der Waals surface area contributed by atoms with E-state index in [9.17, 15) is 0 Å². The predicted molar refractivity (Wildman–Crippen MR) is 81.0 cm³/mol. The first-order valence-corrected chi connectivity index (χ1v) is 9.14. The molecule has 0 aromatic heterocycles. The van der Waals surface area contributed by atoms with E-state index in [0.29, 0.717) is 22.5 Å². The van der Waals surface area contributed by atoms with E-state index in [0.717, 1.165) is 0 Å². The zero-order chi connectivity index (χ0) is 13.8. The average molecular weight is 257 g/mol. The molecule has 0 fully saturated rings. The van der Waals surface area contributed by atoms with Crippen LogP contribution in [0.3, 0.4) is 0 Å². The third-order valence-corrected chi connectivity index (χ3v) is 10.4. The Morgan fingerprint density at radius 3 is 1.41 bits per heavy atom. The summed E-state index contributed by atoms with van der Waals surface area (Å²) in [5, 5.41) is 0. The molecular weight excluding hydrogens is 224 g/mol. The second kappa shape index (κ2) is 6.74. The Labute approximate surface area is 110 Å². The maximum atomic E-state index is 6.64. The Morgan fingerprint density at radius 1 is 0.824 bits per heavy atom. The van der Waals surface area contributed by atoms with Gasteiger partial charge >= 0.3 is 0 Å². The van der Waals surface area contributed by atoms with Gasteiger partial charge in [0.05, 0.1) is 0 Å². The number of hydrogen-bond acceptors (Lipinski definition) is 1. The lowest BCUT2D eigenvalue weighted by atomic mass is 10.1. The van der Waals surface area contributed by atoms with E-state index in [2.05, 4.69) is 62.0 Å². The molecule has 0 heterocycles. The van der Waals surface area contributed by atoms with Crippen molar-refractivity contribution in [1.29, 1.82) is 0 Å². The highest BCUT2D eigenvalue weighted by Gasteiger charge is 2.46. The minimum atomic E-state index is -1.72. The van der Waals surface area contributed by atoms with Crippen molar-refractivity contribution in [3.05, 3.63) is 12.7 Å². The molecule has 102 valence electrons. The molecule has 0 rings (SSSR count). The van der Waals surface area contributed by atoms with Crippen LogP contribution in [0.5, 0.6) is 0 Å². The first-order valence-electron chi connectivity index (χ1n) is 7.00. The van der Waals surface area contributed by atoms with Crippen LogP contribution < -0.4 is 0 Å². The van der Waals surface area contributed by atoms with Gasteiger partial charge in [0.15, 0.2) is 0 Å². The Balaban J connectivity index is 5.12. The molecule has 0 saturated carbocycles. The second-order valence-electron chi connectivity index (χ2n) is 6.24. The largest absolute Gasteiger partial charge is 0.413 e. The molecule has 2 atom stereocenters. The number of hydrogen-bond donors (Lipinski definition) is 0. The van der Waals surface area contributed by atoms with Crippen molar-refractivity contribution in [2.45, 2.75) is 78.1 Å². The van der Waals surface area contributed by atoms with Gasteiger partial charge in [-0.1, -0.05) is 54.5 Å². The fourth-order valence-electron chi connectivity index (χ4n) is 3.03. The van der Waals surface area contributed by atoms with Crippen LogP contribution in [0, 0.1) is 5.92 Å². The SMILES string of the molecule is C=C[C@H](C)[C@H](C)O[Si](C(C)C)(C(C)C)C(C)C. The van der Waals surface area contributed by atoms with Gasteiger partial charge in [-0.2, -0.15) is 0 Å². The maximum absolute atomic E-state index is 6.64. The maximum Gasteiger partial charge on any atom is 0.200 e. The highest BCUT2D eigenvalue weighted by atomic mass is 28.4. The van der Waals surface area contributed by atoms with Crippen LogP contribution >= 0.6 is 0 Å². The molecule has 0 saturated heterocycles. The molecular formula is C15H32OSi. The average Bonchev–Trinajstić information content (AvgIpc) is 2.22. The van der Waals surface area contributed by atoms with E-state index in [1.807, 2.05) is 6.08 Å². The molecule has 17 heavy (non-hydrogen) atoms. The second-order valence-corrected chi connectivity index (χ2v) is 11.6. The lowest BCUT2D eigenvalue weighted by molar-refractivity contribution is 0.157. The minimum Gasteiger partial charge on any atom is -0.413 e. The van der Waals surface area contributed by atoms with Crippen molar-refractivity contribution in [3.8, 4) is 0 Å². The van der Waals surface area contributed by atoms with Gasteiger partial charge in [-0.05, 0) is 29.5 Å². The van der Waals surface area contributed by atoms with Crippen molar-refractivity contribution in [2.24, 2.45) is 5.92 Å². The molecule has 1 nitrogen and oxygen atoms in total. The summed E-state index contributed by atoms with van der Waals surface area (Å²) in [7, 11) is -1.72. The molecule has 0 aromatic rings. The van der Waals surface area contributed by atoms with Crippen molar-refractivity contribution >= 4 is 8.32 Å². The third kappa shape index (κ3) is 3.69. The molecule has 0 radical (unpaired) electrons. The van der Waals surface area contributed by atoms with Gasteiger partial charge in [-0.3, -0.25) is 0 Å². The van der Waals surface area contributed by atoms with E-state index in [4.69, 9.17) is 4.43 Å². The lowest BCUT2D eigenvalue weighted by Gasteiger charge is -2.44. The van der Waals surface area contributed by atoms with Gasteiger partial charge in [-0.25, -0.2) is 0 Å². The molecule has 0 amide bonds. The minimum absolute atomic E-state index is 0.284. The molecule has 0 unspecified atom stereocenters. The number of rotatable bonds is 7. The highest BCUT2D eigenvalue weighted by molar-refractivity contribution is 6.77. The van der Waals surface area contributed by atoms with Crippen LogP contribution in [0.15, 0.2) is 12.7 Å². The molecule has 0 N–H and O–H groups in total. The normalized spacial score (nSPS) is 16.6. The van der Waals surface area contributed by atoms with Crippen LogP contribution in [-0.2, 0) is 4.43 Å². The summed E-state index contributed by atoms with van der Waals surface area (Å²) in [5.74, 6) is 0.429. The van der Waals surface area contributed by atoms with Crippen molar-refractivity contribution in [1.82, 2.24) is 0 Å².